The van der Waals surface area contributed by atoms with Crippen LogP contribution in [0.4, 0.5) is 23.7 Å². The summed E-state index contributed by atoms with van der Waals surface area (Å²) in [7, 11) is 3.52. The van der Waals surface area contributed by atoms with E-state index < -0.39 is 47.7 Å². The second-order valence-electron chi connectivity index (χ2n) is 6.47. The summed E-state index contributed by atoms with van der Waals surface area (Å²) in [6, 6.07) is 4.07. The molecule has 11 nitrogen and oxygen atoms in total. The Balaban J connectivity index is 1.70. The molecule has 1 aromatic heterocycles. The molecule has 1 fully saturated rings. The Kier molecular flexibility index (Phi) is 5.40. The van der Waals surface area contributed by atoms with E-state index in [-0.39, 0.29) is 11.4 Å². The molecule has 0 radical (unpaired) electrons. The summed E-state index contributed by atoms with van der Waals surface area (Å²) in [5.41, 5.74) is 0.175. The number of barbiturate groups is 1. The molecule has 5 amide bonds. The van der Waals surface area contributed by atoms with Gasteiger partial charge in [0.15, 0.2) is 5.92 Å². The molecular weight excluding hydrogens is 425 g/mol. The van der Waals surface area contributed by atoms with E-state index in [4.69, 9.17) is 4.74 Å². The molecule has 0 bridgehead atoms. The van der Waals surface area contributed by atoms with Crippen LogP contribution in [0.25, 0.3) is 0 Å². The summed E-state index contributed by atoms with van der Waals surface area (Å²) in [5.74, 6) is -5.87. The summed E-state index contributed by atoms with van der Waals surface area (Å²) in [5, 5.41) is 5.59. The maximum absolute atomic E-state index is 12.7. The number of ether oxygens (including phenoxy) is 1. The lowest BCUT2D eigenvalue weighted by atomic mass is 10.0. The first-order valence-electron chi connectivity index (χ1n) is 8.56. The molecule has 0 atom stereocenters. The number of benzene rings is 1. The van der Waals surface area contributed by atoms with Crippen molar-refractivity contribution in [2.75, 3.05) is 19.4 Å². The largest absolute Gasteiger partial charge is 0.453 e. The number of carbonyl (C=O) groups is 4. The standard InChI is InChI=1S/C17H15F3N6O5/c1-24-12(28)10(13(29)25(2)16(24)30)11(27)21-8-4-6-9(7-5-8)31-15-22-14(17(18,19)20)23-26(15)3/h4-7,10H,1-3H3,(H,21,27). The van der Waals surface area contributed by atoms with Crippen LogP contribution >= 0.6 is 0 Å². The Labute approximate surface area is 172 Å². The maximum Gasteiger partial charge on any atom is 0.453 e. The van der Waals surface area contributed by atoms with Crippen LogP contribution in [0.3, 0.4) is 0 Å². The number of alkyl halides is 3. The van der Waals surface area contributed by atoms with Crippen molar-refractivity contribution < 1.29 is 37.1 Å². The summed E-state index contributed by atoms with van der Waals surface area (Å²) >= 11 is 0. The Morgan fingerprint density at radius 3 is 2.06 bits per heavy atom. The van der Waals surface area contributed by atoms with Crippen molar-refractivity contribution in [2.24, 2.45) is 13.0 Å². The first-order valence-corrected chi connectivity index (χ1v) is 8.56. The van der Waals surface area contributed by atoms with Crippen molar-refractivity contribution >= 4 is 29.4 Å². The molecule has 2 aromatic rings. The maximum atomic E-state index is 12.7. The van der Waals surface area contributed by atoms with Gasteiger partial charge in [-0.05, 0) is 24.3 Å². The minimum atomic E-state index is -4.73. The Bertz CT molecular complexity index is 1040. The third-order valence-corrected chi connectivity index (χ3v) is 4.30. The van der Waals surface area contributed by atoms with Crippen molar-refractivity contribution in [3.63, 3.8) is 0 Å². The lowest BCUT2D eigenvalue weighted by Crippen LogP contribution is -2.59. The van der Waals surface area contributed by atoms with Crippen LogP contribution in [-0.2, 0) is 27.6 Å². The van der Waals surface area contributed by atoms with Gasteiger partial charge in [-0.15, -0.1) is 5.10 Å². The summed E-state index contributed by atoms with van der Waals surface area (Å²) in [6.45, 7) is 0. The van der Waals surface area contributed by atoms with E-state index in [2.05, 4.69) is 15.4 Å². The molecule has 1 saturated heterocycles. The average Bonchev–Trinajstić information content (AvgIpc) is 3.07. The predicted molar refractivity (Wildman–Crippen MR) is 95.6 cm³/mol. The van der Waals surface area contributed by atoms with E-state index in [1.54, 1.807) is 0 Å². The zero-order valence-corrected chi connectivity index (χ0v) is 16.3. The molecule has 0 spiro atoms. The van der Waals surface area contributed by atoms with Crippen LogP contribution in [0.5, 0.6) is 11.8 Å². The molecule has 1 aliphatic rings. The SMILES string of the molecule is CN1C(=O)C(C(=O)Nc2ccc(Oc3nc(C(F)(F)F)nn3C)cc2)C(=O)N(C)C1=O. The molecule has 164 valence electrons. The van der Waals surface area contributed by atoms with Crippen LogP contribution < -0.4 is 10.1 Å². The molecule has 1 N–H and O–H groups in total. The first kappa shape index (κ1) is 21.7. The van der Waals surface area contributed by atoms with Gasteiger partial charge in [-0.25, -0.2) is 9.48 Å². The fourth-order valence-electron chi connectivity index (χ4n) is 2.64. The number of hydrogen-bond donors (Lipinski definition) is 1. The molecule has 3 rings (SSSR count). The van der Waals surface area contributed by atoms with Crippen LogP contribution in [0.15, 0.2) is 24.3 Å². The van der Waals surface area contributed by atoms with E-state index >= 15 is 0 Å². The van der Waals surface area contributed by atoms with Gasteiger partial charge in [0.25, 0.3) is 17.6 Å². The van der Waals surface area contributed by atoms with Gasteiger partial charge in [-0.3, -0.25) is 24.2 Å². The molecule has 1 aliphatic heterocycles. The molecule has 1 aromatic carbocycles. The highest BCUT2D eigenvalue weighted by atomic mass is 19.4. The minimum Gasteiger partial charge on any atom is -0.424 e. The van der Waals surface area contributed by atoms with Gasteiger partial charge in [-0.1, -0.05) is 0 Å². The summed E-state index contributed by atoms with van der Waals surface area (Å²) < 4.78 is 44.1. The average molecular weight is 440 g/mol. The van der Waals surface area contributed by atoms with Gasteiger partial charge in [0.1, 0.15) is 5.75 Å². The number of aromatic nitrogens is 3. The summed E-state index contributed by atoms with van der Waals surface area (Å²) in [6.07, 6.45) is -4.73. The van der Waals surface area contributed by atoms with E-state index in [1.165, 1.54) is 31.3 Å². The number of hydrogen-bond acceptors (Lipinski definition) is 7. The van der Waals surface area contributed by atoms with Crippen LogP contribution in [-0.4, -0.2) is 62.4 Å². The van der Waals surface area contributed by atoms with Crippen molar-refractivity contribution in [2.45, 2.75) is 6.18 Å². The molecule has 0 unspecified atom stereocenters. The highest BCUT2D eigenvalue weighted by molar-refractivity contribution is 6.27. The van der Waals surface area contributed by atoms with Crippen molar-refractivity contribution in [1.29, 1.82) is 0 Å². The normalized spacial score (nSPS) is 15.5. The lowest BCUT2D eigenvalue weighted by molar-refractivity contribution is -0.151. The van der Waals surface area contributed by atoms with Crippen LogP contribution in [0, 0.1) is 5.92 Å². The Morgan fingerprint density at radius 2 is 1.58 bits per heavy atom. The summed E-state index contributed by atoms with van der Waals surface area (Å²) in [4.78, 5) is 53.1. The molecule has 14 heteroatoms. The van der Waals surface area contributed by atoms with Crippen LogP contribution in [0.1, 0.15) is 5.82 Å². The molecule has 31 heavy (non-hydrogen) atoms. The number of urea groups is 1. The topological polar surface area (TPSA) is 127 Å². The van der Waals surface area contributed by atoms with E-state index in [9.17, 15) is 32.3 Å². The predicted octanol–water partition coefficient (Wildman–Crippen LogP) is 1.23. The quantitative estimate of drug-likeness (QED) is 0.709. The van der Waals surface area contributed by atoms with Gasteiger partial charge in [0, 0.05) is 26.8 Å². The first-order chi connectivity index (χ1) is 14.4. The third-order valence-electron chi connectivity index (χ3n) is 4.30. The number of anilines is 1. The molecule has 0 saturated carbocycles. The second-order valence-corrected chi connectivity index (χ2v) is 6.47. The van der Waals surface area contributed by atoms with Gasteiger partial charge in [-0.2, -0.15) is 18.2 Å². The zero-order valence-electron chi connectivity index (χ0n) is 16.3. The molecule has 2 heterocycles. The van der Waals surface area contributed by atoms with Crippen molar-refractivity contribution in [3.8, 4) is 11.8 Å². The van der Waals surface area contributed by atoms with Gasteiger partial charge < -0.3 is 10.1 Å². The molecular formula is C17H15F3N6O5. The number of rotatable bonds is 4. The van der Waals surface area contributed by atoms with Gasteiger partial charge in [0.05, 0.1) is 0 Å². The monoisotopic (exact) mass is 440 g/mol. The van der Waals surface area contributed by atoms with Gasteiger partial charge in [0.2, 0.25) is 5.91 Å². The number of carbonyl (C=O) groups excluding carboxylic acids is 4. The zero-order chi connectivity index (χ0) is 23.1. The van der Waals surface area contributed by atoms with Crippen molar-refractivity contribution in [3.05, 3.63) is 30.1 Å². The van der Waals surface area contributed by atoms with E-state index in [0.29, 0.717) is 9.80 Å². The fourth-order valence-corrected chi connectivity index (χ4v) is 2.64. The number of nitrogens with one attached hydrogen (secondary N) is 1. The highest BCUT2D eigenvalue weighted by Gasteiger charge is 2.46. The minimum absolute atomic E-state index is 0.0945. The van der Waals surface area contributed by atoms with E-state index in [0.717, 1.165) is 18.8 Å². The fraction of sp³-hybridized carbons (Fsp3) is 0.294. The molecule has 0 aliphatic carbocycles. The number of imide groups is 2. The lowest BCUT2D eigenvalue weighted by Gasteiger charge is -2.32. The third kappa shape index (κ3) is 4.17. The Morgan fingerprint density at radius 1 is 1.03 bits per heavy atom. The number of amides is 5. The number of nitrogens with zero attached hydrogens (tertiary/aromatic N) is 5. The Hall–Kier alpha value is -3.97. The second kappa shape index (κ2) is 7.70. The number of aryl methyl sites for hydroxylation is 1. The van der Waals surface area contributed by atoms with E-state index in [1.807, 2.05) is 0 Å². The van der Waals surface area contributed by atoms with Gasteiger partial charge >= 0.3 is 18.2 Å². The number of halogens is 3. The van der Waals surface area contributed by atoms with Crippen molar-refractivity contribution in [1.82, 2.24) is 24.6 Å². The van der Waals surface area contributed by atoms with Crippen LogP contribution in [0.2, 0.25) is 0 Å². The smallest absolute Gasteiger partial charge is 0.424 e. The highest BCUT2D eigenvalue weighted by Crippen LogP contribution is 2.29.